The lowest BCUT2D eigenvalue weighted by atomic mass is 9.84. The molecule has 0 aliphatic carbocycles. The monoisotopic (exact) mass is 480 g/mol. The van der Waals surface area contributed by atoms with Gasteiger partial charge < -0.3 is 16.0 Å². The lowest BCUT2D eigenvalue weighted by molar-refractivity contribution is 0.102. The van der Waals surface area contributed by atoms with Crippen molar-refractivity contribution < 1.29 is 18.0 Å². The SMILES string of the molecule is Cc1cc(F)c(-c2nc(C(=O)Nc3cnccc3N3C[C@@H](N)[C@@H](C#N)[C@@H](C)C3)ccc2F)c(F)c1. The first-order chi connectivity index (χ1) is 16.7. The summed E-state index contributed by atoms with van der Waals surface area (Å²) in [7, 11) is 0. The fourth-order valence-corrected chi connectivity index (χ4v) is 4.36. The van der Waals surface area contributed by atoms with E-state index in [0.717, 1.165) is 24.3 Å². The number of aryl methyl sites for hydroxylation is 1. The van der Waals surface area contributed by atoms with E-state index in [4.69, 9.17) is 5.73 Å². The molecule has 0 saturated carbocycles. The van der Waals surface area contributed by atoms with E-state index in [1.165, 1.54) is 13.1 Å². The molecule has 10 heteroatoms. The van der Waals surface area contributed by atoms with E-state index in [9.17, 15) is 23.2 Å². The van der Waals surface area contributed by atoms with Gasteiger partial charge in [0.2, 0.25) is 0 Å². The van der Waals surface area contributed by atoms with Gasteiger partial charge in [-0.1, -0.05) is 6.92 Å². The molecule has 1 amide bonds. The Hall–Kier alpha value is -3.97. The first-order valence-corrected chi connectivity index (χ1v) is 11.0. The molecule has 0 radical (unpaired) electrons. The highest BCUT2D eigenvalue weighted by atomic mass is 19.1. The Morgan fingerprint density at radius 2 is 1.89 bits per heavy atom. The zero-order chi connectivity index (χ0) is 25.3. The molecule has 7 nitrogen and oxygen atoms in total. The van der Waals surface area contributed by atoms with Gasteiger partial charge in [0, 0.05) is 25.3 Å². The highest BCUT2D eigenvalue weighted by Gasteiger charge is 2.33. The van der Waals surface area contributed by atoms with Crippen LogP contribution in [-0.2, 0) is 0 Å². The van der Waals surface area contributed by atoms with Crippen LogP contribution < -0.4 is 16.0 Å². The number of nitrogens with one attached hydrogen (secondary N) is 1. The number of hydrogen-bond donors (Lipinski definition) is 2. The second-order valence-corrected chi connectivity index (χ2v) is 8.68. The molecular weight excluding hydrogens is 457 g/mol. The Morgan fingerprint density at radius 3 is 2.54 bits per heavy atom. The lowest BCUT2D eigenvalue weighted by Crippen LogP contribution is -2.52. The minimum Gasteiger partial charge on any atom is -0.368 e. The van der Waals surface area contributed by atoms with Gasteiger partial charge in [-0.15, -0.1) is 0 Å². The van der Waals surface area contributed by atoms with E-state index >= 15 is 0 Å². The van der Waals surface area contributed by atoms with Crippen molar-refractivity contribution in [3.05, 3.63) is 71.4 Å². The molecule has 1 aliphatic heterocycles. The van der Waals surface area contributed by atoms with E-state index in [1.807, 2.05) is 11.8 Å². The van der Waals surface area contributed by atoms with Crippen LogP contribution in [0.1, 0.15) is 23.0 Å². The normalized spacial score (nSPS) is 19.8. The number of rotatable bonds is 4. The molecule has 180 valence electrons. The molecule has 2 aromatic heterocycles. The quantitative estimate of drug-likeness (QED) is 0.584. The molecule has 0 spiro atoms. The first kappa shape index (κ1) is 24.2. The van der Waals surface area contributed by atoms with Gasteiger partial charge >= 0.3 is 0 Å². The van der Waals surface area contributed by atoms with Crippen LogP contribution in [0.5, 0.6) is 0 Å². The average molecular weight is 480 g/mol. The van der Waals surface area contributed by atoms with Crippen molar-refractivity contribution in [1.82, 2.24) is 9.97 Å². The third kappa shape index (κ3) is 4.81. The standard InChI is InChI=1S/C25H23F3N6O/c1-13-7-17(27)23(18(28)8-13)24-16(26)3-4-20(32-24)25(35)33-21-10-31-6-5-22(21)34-11-14(2)15(9-29)19(30)12-34/h3-8,10,14-15,19H,11-12,30H2,1-2H3,(H,33,35)/t14-,15-,19+/m0/s1. The Kier molecular flexibility index (Phi) is 6.71. The number of aromatic nitrogens is 2. The van der Waals surface area contributed by atoms with Crippen molar-refractivity contribution in [1.29, 1.82) is 5.26 Å². The molecule has 35 heavy (non-hydrogen) atoms. The number of nitriles is 1. The number of anilines is 2. The second-order valence-electron chi connectivity index (χ2n) is 8.68. The lowest BCUT2D eigenvalue weighted by Gasteiger charge is -2.40. The summed E-state index contributed by atoms with van der Waals surface area (Å²) >= 11 is 0. The summed E-state index contributed by atoms with van der Waals surface area (Å²) in [5, 5.41) is 12.1. The molecular formula is C25H23F3N6O. The maximum atomic E-state index is 14.5. The van der Waals surface area contributed by atoms with Crippen molar-refractivity contribution in [2.24, 2.45) is 17.6 Å². The van der Waals surface area contributed by atoms with Crippen molar-refractivity contribution in [2.45, 2.75) is 19.9 Å². The van der Waals surface area contributed by atoms with Gasteiger partial charge in [-0.05, 0) is 48.7 Å². The molecule has 3 heterocycles. The van der Waals surface area contributed by atoms with E-state index < -0.39 is 34.6 Å². The predicted molar refractivity (Wildman–Crippen MR) is 125 cm³/mol. The number of halogens is 3. The average Bonchev–Trinajstić information content (AvgIpc) is 2.79. The number of carbonyl (C=O) groups is 1. The topological polar surface area (TPSA) is 108 Å². The van der Waals surface area contributed by atoms with Crippen LogP contribution in [0.25, 0.3) is 11.3 Å². The van der Waals surface area contributed by atoms with Gasteiger partial charge in [0.15, 0.2) is 0 Å². The smallest absolute Gasteiger partial charge is 0.274 e. The van der Waals surface area contributed by atoms with Gasteiger partial charge in [0.25, 0.3) is 5.91 Å². The van der Waals surface area contributed by atoms with E-state index in [1.54, 1.807) is 12.3 Å². The summed E-state index contributed by atoms with van der Waals surface area (Å²) in [6.45, 7) is 4.39. The van der Waals surface area contributed by atoms with Crippen molar-refractivity contribution in [2.75, 3.05) is 23.3 Å². The van der Waals surface area contributed by atoms with Crippen molar-refractivity contribution in [3.63, 3.8) is 0 Å². The van der Waals surface area contributed by atoms with E-state index in [-0.39, 0.29) is 23.6 Å². The van der Waals surface area contributed by atoms with Crippen LogP contribution in [0.3, 0.4) is 0 Å². The number of nitrogens with two attached hydrogens (primary N) is 1. The third-order valence-corrected chi connectivity index (χ3v) is 6.05. The maximum Gasteiger partial charge on any atom is 0.274 e. The van der Waals surface area contributed by atoms with Crippen LogP contribution in [0.4, 0.5) is 24.5 Å². The van der Waals surface area contributed by atoms with Gasteiger partial charge in [-0.3, -0.25) is 9.78 Å². The zero-order valence-corrected chi connectivity index (χ0v) is 19.1. The van der Waals surface area contributed by atoms with Crippen molar-refractivity contribution in [3.8, 4) is 17.3 Å². The number of carbonyl (C=O) groups excluding carboxylic acids is 1. The van der Waals surface area contributed by atoms with Crippen LogP contribution in [0, 0.1) is 47.5 Å². The minimum absolute atomic E-state index is 0.00101. The van der Waals surface area contributed by atoms with Gasteiger partial charge in [-0.25, -0.2) is 18.2 Å². The molecule has 0 bridgehead atoms. The minimum atomic E-state index is -0.979. The Balaban J connectivity index is 1.63. The number of benzene rings is 1. The molecule has 1 saturated heterocycles. The Labute approximate surface area is 200 Å². The van der Waals surface area contributed by atoms with Crippen LogP contribution in [0.2, 0.25) is 0 Å². The van der Waals surface area contributed by atoms with E-state index in [2.05, 4.69) is 21.4 Å². The van der Waals surface area contributed by atoms with Crippen molar-refractivity contribution >= 4 is 17.3 Å². The van der Waals surface area contributed by atoms with Gasteiger partial charge in [0.05, 0.1) is 35.1 Å². The number of nitrogens with zero attached hydrogens (tertiary/aromatic N) is 4. The fraction of sp³-hybridized carbons (Fsp3) is 0.280. The number of amides is 1. The van der Waals surface area contributed by atoms with Gasteiger partial charge in [-0.2, -0.15) is 5.26 Å². The number of piperidine rings is 1. The molecule has 3 aromatic rings. The summed E-state index contributed by atoms with van der Waals surface area (Å²) in [5.74, 6) is -3.91. The Morgan fingerprint density at radius 1 is 1.17 bits per heavy atom. The summed E-state index contributed by atoms with van der Waals surface area (Å²) in [5.41, 5.74) is 6.05. The maximum absolute atomic E-state index is 14.5. The molecule has 0 unspecified atom stereocenters. The van der Waals surface area contributed by atoms with Gasteiger partial charge in [0.1, 0.15) is 28.8 Å². The molecule has 4 rings (SSSR count). The number of hydrogen-bond acceptors (Lipinski definition) is 6. The predicted octanol–water partition coefficient (Wildman–Crippen LogP) is 4.04. The summed E-state index contributed by atoms with van der Waals surface area (Å²) in [6, 6.07) is 7.79. The summed E-state index contributed by atoms with van der Waals surface area (Å²) in [6.07, 6.45) is 3.01. The second kappa shape index (κ2) is 9.72. The largest absolute Gasteiger partial charge is 0.368 e. The van der Waals surface area contributed by atoms with Crippen LogP contribution in [0.15, 0.2) is 42.7 Å². The fourth-order valence-electron chi connectivity index (χ4n) is 4.36. The molecule has 3 N–H and O–H groups in total. The zero-order valence-electron chi connectivity index (χ0n) is 19.1. The van der Waals surface area contributed by atoms with E-state index in [0.29, 0.717) is 30.0 Å². The molecule has 1 aliphatic rings. The summed E-state index contributed by atoms with van der Waals surface area (Å²) < 4.78 is 43.3. The Bertz CT molecular complexity index is 1290. The molecule has 1 fully saturated rings. The highest BCUT2D eigenvalue weighted by Crippen LogP contribution is 2.32. The molecule has 3 atom stereocenters. The number of pyridine rings is 2. The summed E-state index contributed by atoms with van der Waals surface area (Å²) in [4.78, 5) is 22.9. The third-order valence-electron chi connectivity index (χ3n) is 6.05. The highest BCUT2D eigenvalue weighted by molar-refractivity contribution is 6.04. The molecule has 1 aromatic carbocycles. The first-order valence-electron chi connectivity index (χ1n) is 11.0. The van der Waals surface area contributed by atoms with Crippen LogP contribution in [-0.4, -0.2) is 35.0 Å². The van der Waals surface area contributed by atoms with Crippen LogP contribution >= 0.6 is 0 Å².